The first-order valence-corrected chi connectivity index (χ1v) is 8.13. The number of fused-ring (bicyclic) bond motifs is 1. The highest BCUT2D eigenvalue weighted by atomic mass is 79.9. The number of ether oxygens (including phenoxy) is 2. The largest absolute Gasteiger partial charge is 0.490 e. The third-order valence-corrected chi connectivity index (χ3v) is 4.32. The maximum absolute atomic E-state index is 12.6. The highest BCUT2D eigenvalue weighted by molar-refractivity contribution is 9.10. The third kappa shape index (κ3) is 3.14. The lowest BCUT2D eigenvalue weighted by Gasteiger charge is -2.11. The van der Waals surface area contributed by atoms with Crippen molar-refractivity contribution >= 4 is 37.6 Å². The standard InChI is InChI=1S/C16H12Br2O3/c17-11-4-1-3-10(7-11)16(19)12-8-14-15(9-13(12)18)21-6-2-5-20-14/h1,3-4,7-9H,2,5-6H2. The first-order valence-electron chi connectivity index (χ1n) is 6.54. The van der Waals surface area contributed by atoms with Crippen molar-refractivity contribution < 1.29 is 14.3 Å². The van der Waals surface area contributed by atoms with E-state index < -0.39 is 0 Å². The van der Waals surface area contributed by atoms with Gasteiger partial charge in [0.25, 0.3) is 0 Å². The molecule has 2 aromatic carbocycles. The minimum atomic E-state index is -0.0566. The summed E-state index contributed by atoms with van der Waals surface area (Å²) in [4.78, 5) is 12.6. The average Bonchev–Trinajstić information content (AvgIpc) is 2.70. The lowest BCUT2D eigenvalue weighted by atomic mass is 10.0. The number of hydrogen-bond donors (Lipinski definition) is 0. The molecular weight excluding hydrogens is 400 g/mol. The lowest BCUT2D eigenvalue weighted by Crippen LogP contribution is -2.04. The van der Waals surface area contributed by atoms with Gasteiger partial charge in [-0.25, -0.2) is 0 Å². The Bertz CT molecular complexity index is 698. The Kier molecular flexibility index (Phi) is 4.31. The van der Waals surface area contributed by atoms with Crippen LogP contribution in [0, 0.1) is 0 Å². The van der Waals surface area contributed by atoms with Gasteiger partial charge in [-0.15, -0.1) is 0 Å². The fourth-order valence-corrected chi connectivity index (χ4v) is 3.04. The van der Waals surface area contributed by atoms with Crippen LogP contribution in [0.4, 0.5) is 0 Å². The smallest absolute Gasteiger partial charge is 0.194 e. The molecule has 0 N–H and O–H groups in total. The van der Waals surface area contributed by atoms with Crippen LogP contribution >= 0.6 is 31.9 Å². The van der Waals surface area contributed by atoms with Crippen LogP contribution in [0.5, 0.6) is 11.5 Å². The van der Waals surface area contributed by atoms with E-state index in [1.807, 2.05) is 12.1 Å². The molecule has 1 aliphatic rings. The fraction of sp³-hybridized carbons (Fsp3) is 0.188. The fourth-order valence-electron chi connectivity index (χ4n) is 2.14. The Balaban J connectivity index is 2.02. The maximum atomic E-state index is 12.6. The molecule has 108 valence electrons. The molecule has 0 aliphatic carbocycles. The van der Waals surface area contributed by atoms with Crippen molar-refractivity contribution in [1.82, 2.24) is 0 Å². The second-order valence-corrected chi connectivity index (χ2v) is 6.44. The summed E-state index contributed by atoms with van der Waals surface area (Å²) in [6.07, 6.45) is 0.835. The van der Waals surface area contributed by atoms with Crippen molar-refractivity contribution in [2.45, 2.75) is 6.42 Å². The highest BCUT2D eigenvalue weighted by Gasteiger charge is 2.19. The van der Waals surface area contributed by atoms with E-state index >= 15 is 0 Å². The SMILES string of the molecule is O=C(c1cccc(Br)c1)c1cc2c(cc1Br)OCCCO2. The predicted molar refractivity (Wildman–Crippen MR) is 87.3 cm³/mol. The number of benzene rings is 2. The number of hydrogen-bond acceptors (Lipinski definition) is 3. The summed E-state index contributed by atoms with van der Waals surface area (Å²) in [5, 5.41) is 0. The van der Waals surface area contributed by atoms with Crippen molar-refractivity contribution in [1.29, 1.82) is 0 Å². The number of halogens is 2. The highest BCUT2D eigenvalue weighted by Crippen LogP contribution is 2.36. The molecule has 1 heterocycles. The molecular formula is C16H12Br2O3. The number of carbonyl (C=O) groups excluding carboxylic acids is 1. The zero-order chi connectivity index (χ0) is 14.8. The molecule has 0 radical (unpaired) electrons. The van der Waals surface area contributed by atoms with Crippen LogP contribution in [-0.4, -0.2) is 19.0 Å². The lowest BCUT2D eigenvalue weighted by molar-refractivity contribution is 0.103. The molecule has 0 fully saturated rings. The van der Waals surface area contributed by atoms with Gasteiger partial charge < -0.3 is 9.47 Å². The maximum Gasteiger partial charge on any atom is 0.194 e. The summed E-state index contributed by atoms with van der Waals surface area (Å²) in [6, 6.07) is 10.9. The van der Waals surface area contributed by atoms with Crippen LogP contribution in [0.1, 0.15) is 22.3 Å². The van der Waals surface area contributed by atoms with Crippen molar-refractivity contribution in [3.05, 3.63) is 56.5 Å². The van der Waals surface area contributed by atoms with Gasteiger partial charge in [0, 0.05) is 26.5 Å². The van der Waals surface area contributed by atoms with Gasteiger partial charge in [-0.1, -0.05) is 28.1 Å². The molecule has 0 aromatic heterocycles. The van der Waals surface area contributed by atoms with Gasteiger partial charge in [-0.3, -0.25) is 4.79 Å². The van der Waals surface area contributed by atoms with E-state index in [-0.39, 0.29) is 5.78 Å². The van der Waals surface area contributed by atoms with Gasteiger partial charge in [0.2, 0.25) is 0 Å². The van der Waals surface area contributed by atoms with Crippen LogP contribution in [0.2, 0.25) is 0 Å². The molecule has 0 unspecified atom stereocenters. The van der Waals surface area contributed by atoms with Crippen LogP contribution in [0.25, 0.3) is 0 Å². The summed E-state index contributed by atoms with van der Waals surface area (Å²) in [6.45, 7) is 1.22. The molecule has 0 saturated heterocycles. The van der Waals surface area contributed by atoms with Crippen molar-refractivity contribution in [3.8, 4) is 11.5 Å². The molecule has 3 nitrogen and oxygen atoms in total. The first-order chi connectivity index (χ1) is 10.1. The van der Waals surface area contributed by atoms with Crippen molar-refractivity contribution in [2.75, 3.05) is 13.2 Å². The molecule has 0 spiro atoms. The summed E-state index contributed by atoms with van der Waals surface area (Å²) in [7, 11) is 0. The Morgan fingerprint density at radius 2 is 1.71 bits per heavy atom. The van der Waals surface area contributed by atoms with E-state index in [2.05, 4.69) is 31.9 Å². The van der Waals surface area contributed by atoms with Gasteiger partial charge in [-0.05, 0) is 40.2 Å². The quantitative estimate of drug-likeness (QED) is 0.677. The van der Waals surface area contributed by atoms with Crippen LogP contribution < -0.4 is 9.47 Å². The van der Waals surface area contributed by atoms with Crippen LogP contribution in [0.15, 0.2) is 45.3 Å². The molecule has 0 saturated carbocycles. The van der Waals surface area contributed by atoms with Gasteiger partial charge >= 0.3 is 0 Å². The van der Waals surface area contributed by atoms with Crippen molar-refractivity contribution in [2.24, 2.45) is 0 Å². The van der Waals surface area contributed by atoms with Crippen LogP contribution in [-0.2, 0) is 0 Å². The number of carbonyl (C=O) groups is 1. The van der Waals surface area contributed by atoms with E-state index in [4.69, 9.17) is 9.47 Å². The van der Waals surface area contributed by atoms with Gasteiger partial charge in [0.1, 0.15) is 0 Å². The monoisotopic (exact) mass is 410 g/mol. The first kappa shape index (κ1) is 14.6. The molecule has 0 bridgehead atoms. The predicted octanol–water partition coefficient (Wildman–Crippen LogP) is 4.60. The van der Waals surface area contributed by atoms with E-state index in [1.54, 1.807) is 24.3 Å². The van der Waals surface area contributed by atoms with E-state index in [0.717, 1.165) is 10.9 Å². The zero-order valence-electron chi connectivity index (χ0n) is 11.1. The topological polar surface area (TPSA) is 35.5 Å². The van der Waals surface area contributed by atoms with E-state index in [9.17, 15) is 4.79 Å². The minimum absolute atomic E-state index is 0.0566. The molecule has 3 rings (SSSR count). The third-order valence-electron chi connectivity index (χ3n) is 3.17. The second-order valence-electron chi connectivity index (χ2n) is 4.67. The number of rotatable bonds is 2. The van der Waals surface area contributed by atoms with E-state index in [0.29, 0.717) is 40.3 Å². The molecule has 21 heavy (non-hydrogen) atoms. The second kappa shape index (κ2) is 6.20. The Labute approximate surface area is 139 Å². The summed E-state index contributed by atoms with van der Waals surface area (Å²) >= 11 is 6.83. The Hall–Kier alpha value is -1.33. The average molecular weight is 412 g/mol. The van der Waals surface area contributed by atoms with Gasteiger partial charge in [0.05, 0.1) is 13.2 Å². The normalized spacial score (nSPS) is 13.6. The van der Waals surface area contributed by atoms with Crippen molar-refractivity contribution in [3.63, 3.8) is 0 Å². The van der Waals surface area contributed by atoms with E-state index in [1.165, 1.54) is 0 Å². The van der Waals surface area contributed by atoms with Gasteiger partial charge in [-0.2, -0.15) is 0 Å². The Morgan fingerprint density at radius 1 is 1.00 bits per heavy atom. The van der Waals surface area contributed by atoms with Crippen LogP contribution in [0.3, 0.4) is 0 Å². The minimum Gasteiger partial charge on any atom is -0.490 e. The number of ketones is 1. The zero-order valence-corrected chi connectivity index (χ0v) is 14.2. The summed E-state index contributed by atoms with van der Waals surface area (Å²) < 4.78 is 12.8. The van der Waals surface area contributed by atoms with Gasteiger partial charge in [0.15, 0.2) is 17.3 Å². The molecule has 0 amide bonds. The summed E-state index contributed by atoms with van der Waals surface area (Å²) in [5.41, 5.74) is 1.19. The Morgan fingerprint density at radius 3 is 2.43 bits per heavy atom. The molecule has 0 atom stereocenters. The molecule has 2 aromatic rings. The molecule has 5 heteroatoms. The molecule has 1 aliphatic heterocycles. The summed E-state index contributed by atoms with van der Waals surface area (Å²) in [5.74, 6) is 1.23.